The van der Waals surface area contributed by atoms with Crippen LogP contribution in [-0.4, -0.2) is 45.5 Å². The number of aliphatic carboxylic acids is 1. The van der Waals surface area contributed by atoms with Crippen LogP contribution in [0, 0.1) is 0 Å². The van der Waals surface area contributed by atoms with Crippen molar-refractivity contribution >= 4 is 16.0 Å². The summed E-state index contributed by atoms with van der Waals surface area (Å²) in [5.74, 6) is -1.17. The molecule has 0 fully saturated rings. The third-order valence-electron chi connectivity index (χ3n) is 1.50. The zero-order chi connectivity index (χ0) is 11.2. The van der Waals surface area contributed by atoms with Crippen LogP contribution in [0.25, 0.3) is 0 Å². The van der Waals surface area contributed by atoms with Crippen molar-refractivity contribution in [1.82, 2.24) is 4.72 Å². The third-order valence-corrected chi connectivity index (χ3v) is 2.21. The lowest BCUT2D eigenvalue weighted by atomic mass is 10.2. The smallest absolute Gasteiger partial charge is 0.321 e. The van der Waals surface area contributed by atoms with Gasteiger partial charge in [0.1, 0.15) is 6.04 Å². The number of hydrogen-bond acceptors (Lipinski definition) is 4. The van der Waals surface area contributed by atoms with E-state index < -0.39 is 22.0 Å². The molecule has 0 amide bonds. The molecule has 84 valence electrons. The van der Waals surface area contributed by atoms with E-state index in [4.69, 9.17) is 9.84 Å². The maximum atomic E-state index is 10.8. The number of rotatable bonds is 7. The predicted molar refractivity (Wildman–Crippen MR) is 50.5 cm³/mol. The maximum absolute atomic E-state index is 10.8. The van der Waals surface area contributed by atoms with Crippen LogP contribution in [0.4, 0.5) is 0 Å². The summed E-state index contributed by atoms with van der Waals surface area (Å²) in [7, 11) is -1.98. The molecule has 0 aromatic heterocycles. The van der Waals surface area contributed by atoms with Crippen LogP contribution in [-0.2, 0) is 19.6 Å². The molecule has 6 nitrogen and oxygen atoms in total. The first-order chi connectivity index (χ1) is 6.37. The summed E-state index contributed by atoms with van der Waals surface area (Å²) < 4.78 is 28.3. The molecule has 0 aliphatic carbocycles. The van der Waals surface area contributed by atoms with Gasteiger partial charge in [0.25, 0.3) is 0 Å². The first kappa shape index (κ1) is 13.3. The van der Waals surface area contributed by atoms with E-state index >= 15 is 0 Å². The molecule has 0 rings (SSSR count). The predicted octanol–water partition coefficient (Wildman–Crippen LogP) is -0.585. The van der Waals surface area contributed by atoms with E-state index in [2.05, 4.69) is 0 Å². The Kier molecular flexibility index (Phi) is 5.66. The van der Waals surface area contributed by atoms with Crippen LogP contribution in [0.5, 0.6) is 0 Å². The lowest BCUT2D eigenvalue weighted by molar-refractivity contribution is -0.139. The first-order valence-electron chi connectivity index (χ1n) is 4.06. The van der Waals surface area contributed by atoms with E-state index in [1.165, 1.54) is 7.11 Å². The Labute approximate surface area is 83.3 Å². The molecule has 14 heavy (non-hydrogen) atoms. The third kappa shape index (κ3) is 6.81. The second-order valence-corrected chi connectivity index (χ2v) is 4.70. The molecule has 1 unspecified atom stereocenters. The van der Waals surface area contributed by atoms with Crippen LogP contribution < -0.4 is 4.72 Å². The van der Waals surface area contributed by atoms with Gasteiger partial charge in [-0.1, -0.05) is 0 Å². The van der Waals surface area contributed by atoms with Gasteiger partial charge in [0, 0.05) is 13.7 Å². The van der Waals surface area contributed by atoms with E-state index in [-0.39, 0.29) is 6.42 Å². The van der Waals surface area contributed by atoms with Gasteiger partial charge in [-0.05, 0) is 12.8 Å². The number of carboxylic acid groups (broad SMARTS) is 1. The highest BCUT2D eigenvalue weighted by Crippen LogP contribution is 1.99. The molecule has 7 heteroatoms. The number of ether oxygens (including phenoxy) is 1. The van der Waals surface area contributed by atoms with Gasteiger partial charge >= 0.3 is 5.97 Å². The van der Waals surface area contributed by atoms with Crippen molar-refractivity contribution in [3.05, 3.63) is 0 Å². The molecule has 1 atom stereocenters. The van der Waals surface area contributed by atoms with Crippen LogP contribution in [0.3, 0.4) is 0 Å². The lowest BCUT2D eigenvalue weighted by Gasteiger charge is -2.11. The van der Waals surface area contributed by atoms with E-state index in [9.17, 15) is 13.2 Å². The van der Waals surface area contributed by atoms with Crippen LogP contribution in [0.1, 0.15) is 12.8 Å². The fourth-order valence-electron chi connectivity index (χ4n) is 0.923. The van der Waals surface area contributed by atoms with Crippen molar-refractivity contribution in [3.8, 4) is 0 Å². The molecular weight excluding hydrogens is 210 g/mol. The van der Waals surface area contributed by atoms with Gasteiger partial charge < -0.3 is 9.84 Å². The number of carbonyl (C=O) groups is 1. The topological polar surface area (TPSA) is 92.7 Å². The summed E-state index contributed by atoms with van der Waals surface area (Å²) in [5, 5.41) is 8.67. The number of carboxylic acids is 1. The first-order valence-corrected chi connectivity index (χ1v) is 5.95. The zero-order valence-corrected chi connectivity index (χ0v) is 9.00. The van der Waals surface area contributed by atoms with E-state index in [0.717, 1.165) is 6.26 Å². The SMILES string of the molecule is COCCCC(NS(C)(=O)=O)C(=O)O. The highest BCUT2D eigenvalue weighted by atomic mass is 32.2. The summed E-state index contributed by atoms with van der Waals surface area (Å²) in [4.78, 5) is 10.6. The van der Waals surface area contributed by atoms with Crippen molar-refractivity contribution < 1.29 is 23.1 Å². The van der Waals surface area contributed by atoms with Crippen molar-refractivity contribution in [2.45, 2.75) is 18.9 Å². The molecule has 0 heterocycles. The molecule has 0 bridgehead atoms. The summed E-state index contributed by atoms with van der Waals surface area (Å²) in [6.45, 7) is 0.412. The van der Waals surface area contributed by atoms with Gasteiger partial charge in [0.05, 0.1) is 6.26 Å². The van der Waals surface area contributed by atoms with Gasteiger partial charge in [-0.25, -0.2) is 13.1 Å². The number of sulfonamides is 1. The molecular formula is C7H15NO5S. The summed E-state index contributed by atoms with van der Waals surface area (Å²) in [5.41, 5.74) is 0. The minimum absolute atomic E-state index is 0.218. The monoisotopic (exact) mass is 225 g/mol. The summed E-state index contributed by atoms with van der Waals surface area (Å²) >= 11 is 0. The second-order valence-electron chi connectivity index (χ2n) is 2.92. The van der Waals surface area contributed by atoms with E-state index in [0.29, 0.717) is 13.0 Å². The van der Waals surface area contributed by atoms with Gasteiger partial charge in [0.2, 0.25) is 10.0 Å². The molecule has 0 aliphatic rings. The maximum Gasteiger partial charge on any atom is 0.321 e. The normalized spacial score (nSPS) is 13.9. The average Bonchev–Trinajstić information content (AvgIpc) is 2.00. The van der Waals surface area contributed by atoms with Gasteiger partial charge in [-0.2, -0.15) is 0 Å². The lowest BCUT2D eigenvalue weighted by Crippen LogP contribution is -2.40. The van der Waals surface area contributed by atoms with Crippen molar-refractivity contribution in [2.24, 2.45) is 0 Å². The Hall–Kier alpha value is -0.660. The van der Waals surface area contributed by atoms with Crippen molar-refractivity contribution in [3.63, 3.8) is 0 Å². The number of nitrogens with one attached hydrogen (secondary N) is 1. The number of methoxy groups -OCH3 is 1. The fourth-order valence-corrected chi connectivity index (χ4v) is 1.66. The fraction of sp³-hybridized carbons (Fsp3) is 0.857. The van der Waals surface area contributed by atoms with Crippen molar-refractivity contribution in [1.29, 1.82) is 0 Å². The Morgan fingerprint density at radius 3 is 2.50 bits per heavy atom. The molecule has 0 spiro atoms. The second kappa shape index (κ2) is 5.94. The molecule has 0 saturated carbocycles. The van der Waals surface area contributed by atoms with Gasteiger partial charge in [-0.3, -0.25) is 4.79 Å². The van der Waals surface area contributed by atoms with E-state index in [1.54, 1.807) is 0 Å². The Morgan fingerprint density at radius 2 is 2.14 bits per heavy atom. The molecule has 0 aromatic rings. The Morgan fingerprint density at radius 1 is 1.57 bits per heavy atom. The van der Waals surface area contributed by atoms with Crippen molar-refractivity contribution in [2.75, 3.05) is 20.0 Å². The van der Waals surface area contributed by atoms with Gasteiger partial charge in [0.15, 0.2) is 0 Å². The molecule has 2 N–H and O–H groups in total. The van der Waals surface area contributed by atoms with E-state index in [1.807, 2.05) is 4.72 Å². The minimum atomic E-state index is -3.48. The van der Waals surface area contributed by atoms with Crippen LogP contribution >= 0.6 is 0 Å². The number of hydrogen-bond donors (Lipinski definition) is 2. The Balaban J connectivity index is 4.11. The van der Waals surface area contributed by atoms with Crippen LogP contribution in [0.15, 0.2) is 0 Å². The Bertz CT molecular complexity index is 274. The molecule has 0 saturated heterocycles. The highest BCUT2D eigenvalue weighted by Gasteiger charge is 2.20. The molecule has 0 radical (unpaired) electrons. The van der Waals surface area contributed by atoms with Crippen LogP contribution in [0.2, 0.25) is 0 Å². The quantitative estimate of drug-likeness (QED) is 0.565. The average molecular weight is 225 g/mol. The largest absolute Gasteiger partial charge is 0.480 e. The standard InChI is InChI=1S/C7H15NO5S/c1-13-5-3-4-6(7(9)10)8-14(2,11)12/h6,8H,3-5H2,1-2H3,(H,9,10). The minimum Gasteiger partial charge on any atom is -0.480 e. The summed E-state index contributed by atoms with van der Waals surface area (Å²) in [6.07, 6.45) is 1.64. The zero-order valence-electron chi connectivity index (χ0n) is 8.19. The molecule has 0 aliphatic heterocycles. The summed E-state index contributed by atoms with van der Waals surface area (Å²) in [6, 6.07) is -1.07. The highest BCUT2D eigenvalue weighted by molar-refractivity contribution is 7.88. The van der Waals surface area contributed by atoms with Gasteiger partial charge in [-0.15, -0.1) is 0 Å². The molecule has 0 aromatic carbocycles.